The summed E-state index contributed by atoms with van der Waals surface area (Å²) in [7, 11) is 0. The van der Waals surface area contributed by atoms with Crippen molar-refractivity contribution in [2.24, 2.45) is 0 Å². The number of nitrogens with zero attached hydrogens (tertiary/aromatic N) is 1. The number of anilines is 3. The Bertz CT molecular complexity index is 2800. The number of rotatable bonds is 6. The molecule has 9 aromatic carbocycles. The zero-order chi connectivity index (χ0) is 36.0. The number of fused-ring (bicyclic) bond motifs is 5. The minimum atomic E-state index is -0.569. The first kappa shape index (κ1) is 32.0. The third-order valence-electron chi connectivity index (χ3n) is 11.1. The van der Waals surface area contributed by atoms with E-state index in [4.69, 9.17) is 0 Å². The summed E-state index contributed by atoms with van der Waals surface area (Å²) in [4.78, 5) is 2.35. The summed E-state index contributed by atoms with van der Waals surface area (Å²) in [6, 6.07) is 71.6. The fourth-order valence-corrected chi connectivity index (χ4v) is 8.50. The second-order valence-corrected chi connectivity index (χ2v) is 14.1. The maximum atomic E-state index is 11.4. The van der Waals surface area contributed by atoms with Gasteiger partial charge >= 0.3 is 0 Å². The molecule has 0 spiro atoms. The molecular weight excluding hydrogens is 655 g/mol. The lowest BCUT2D eigenvalue weighted by atomic mass is 9.82. The molecule has 0 saturated heterocycles. The number of aliphatic hydroxyl groups is 1. The van der Waals surface area contributed by atoms with Gasteiger partial charge in [0, 0.05) is 17.8 Å². The molecule has 0 aliphatic heterocycles. The predicted molar refractivity (Wildman–Crippen MR) is 227 cm³/mol. The quantitative estimate of drug-likeness (QED) is 0.188. The van der Waals surface area contributed by atoms with Gasteiger partial charge in [0.25, 0.3) is 0 Å². The van der Waals surface area contributed by atoms with Gasteiger partial charge in [0.2, 0.25) is 0 Å². The molecule has 0 radical (unpaired) electrons. The number of hydrogen-bond donors (Lipinski definition) is 1. The van der Waals surface area contributed by atoms with Gasteiger partial charge in [0.1, 0.15) is 0 Å². The topological polar surface area (TPSA) is 23.5 Å². The highest BCUT2D eigenvalue weighted by molar-refractivity contribution is 6.04. The van der Waals surface area contributed by atoms with Crippen molar-refractivity contribution in [3.8, 4) is 44.5 Å². The van der Waals surface area contributed by atoms with Gasteiger partial charge in [-0.1, -0.05) is 170 Å². The summed E-state index contributed by atoms with van der Waals surface area (Å²) in [5.41, 5.74) is 14.8. The van der Waals surface area contributed by atoms with E-state index in [-0.39, 0.29) is 0 Å². The van der Waals surface area contributed by atoms with Crippen LogP contribution in [-0.2, 0) is 6.42 Å². The normalized spacial score (nSPS) is 13.4. The van der Waals surface area contributed by atoms with Gasteiger partial charge in [-0.05, 0) is 108 Å². The van der Waals surface area contributed by atoms with Crippen molar-refractivity contribution in [1.29, 1.82) is 0 Å². The molecule has 1 unspecified atom stereocenters. The van der Waals surface area contributed by atoms with E-state index >= 15 is 0 Å². The van der Waals surface area contributed by atoms with E-state index < -0.39 is 6.10 Å². The van der Waals surface area contributed by atoms with Crippen molar-refractivity contribution >= 4 is 38.6 Å². The average molecular weight is 692 g/mol. The zero-order valence-electron chi connectivity index (χ0n) is 29.7. The van der Waals surface area contributed by atoms with Crippen molar-refractivity contribution in [3.63, 3.8) is 0 Å². The van der Waals surface area contributed by atoms with Crippen molar-refractivity contribution in [1.82, 2.24) is 0 Å². The van der Waals surface area contributed by atoms with E-state index in [9.17, 15) is 5.11 Å². The SMILES string of the molecule is OC1Cc2c(cccc2N(c2ccc(-c3cccc4ccccc34)cc2)c2ccc(-c3cccc4c(-c5ccccc5)cccc34)cc2)-c2ccccc21. The maximum absolute atomic E-state index is 11.4. The van der Waals surface area contributed by atoms with Crippen molar-refractivity contribution < 1.29 is 5.11 Å². The second kappa shape index (κ2) is 13.3. The van der Waals surface area contributed by atoms with Gasteiger partial charge in [0.05, 0.1) is 11.8 Å². The highest BCUT2D eigenvalue weighted by Gasteiger charge is 2.27. The monoisotopic (exact) mass is 691 g/mol. The smallest absolute Gasteiger partial charge is 0.0837 e. The van der Waals surface area contributed by atoms with E-state index in [0.717, 1.165) is 33.8 Å². The van der Waals surface area contributed by atoms with Crippen LogP contribution in [0.4, 0.5) is 17.1 Å². The summed E-state index contributed by atoms with van der Waals surface area (Å²) in [6.07, 6.45) is -0.0229. The standard InChI is InChI=1S/C52H37NO/c54-52-34-50-48(47-17-6-7-18-49(47)52)24-11-25-51(50)53(39-30-26-37(27-31-39)42-19-8-15-36-14-4-5-16-41(36)42)40-32-28-38(29-33-40)44-21-10-22-45-43(20-9-23-46(44)45)35-12-2-1-3-13-35/h1-33,52,54H,34H2. The Morgan fingerprint density at radius 3 is 1.52 bits per heavy atom. The van der Waals surface area contributed by atoms with Crippen LogP contribution < -0.4 is 4.90 Å². The number of benzene rings is 9. The first-order valence-corrected chi connectivity index (χ1v) is 18.7. The molecule has 0 bridgehead atoms. The Kier molecular flexibility index (Phi) is 7.90. The molecule has 256 valence electrons. The highest BCUT2D eigenvalue weighted by Crippen LogP contribution is 2.47. The molecule has 1 atom stereocenters. The van der Waals surface area contributed by atoms with Crippen LogP contribution in [0.15, 0.2) is 200 Å². The molecule has 10 rings (SSSR count). The first-order chi connectivity index (χ1) is 26.7. The Labute approximate surface area is 315 Å². The summed E-state index contributed by atoms with van der Waals surface area (Å²) in [6.45, 7) is 0. The third-order valence-corrected chi connectivity index (χ3v) is 11.1. The summed E-state index contributed by atoms with van der Waals surface area (Å²) in [5, 5.41) is 16.4. The molecule has 2 nitrogen and oxygen atoms in total. The van der Waals surface area contributed by atoms with Crippen LogP contribution in [0, 0.1) is 0 Å². The fourth-order valence-electron chi connectivity index (χ4n) is 8.50. The van der Waals surface area contributed by atoms with E-state index in [1.165, 1.54) is 60.5 Å². The molecule has 0 aromatic heterocycles. The summed E-state index contributed by atoms with van der Waals surface area (Å²) in [5.74, 6) is 0. The Balaban J connectivity index is 1.10. The highest BCUT2D eigenvalue weighted by atomic mass is 16.3. The van der Waals surface area contributed by atoms with E-state index in [0.29, 0.717) is 6.42 Å². The largest absolute Gasteiger partial charge is 0.388 e. The van der Waals surface area contributed by atoms with Crippen LogP contribution in [0.25, 0.3) is 66.1 Å². The van der Waals surface area contributed by atoms with Crippen LogP contribution >= 0.6 is 0 Å². The van der Waals surface area contributed by atoms with Gasteiger partial charge in [-0.2, -0.15) is 0 Å². The van der Waals surface area contributed by atoms with Crippen LogP contribution in [0.5, 0.6) is 0 Å². The van der Waals surface area contributed by atoms with Gasteiger partial charge in [-0.3, -0.25) is 0 Å². The fraction of sp³-hybridized carbons (Fsp3) is 0.0385. The Hall–Kier alpha value is -6.74. The minimum Gasteiger partial charge on any atom is -0.388 e. The number of hydrogen-bond acceptors (Lipinski definition) is 2. The lowest BCUT2D eigenvalue weighted by Gasteiger charge is -2.32. The molecule has 0 saturated carbocycles. The molecule has 0 heterocycles. The maximum Gasteiger partial charge on any atom is 0.0837 e. The zero-order valence-corrected chi connectivity index (χ0v) is 29.7. The van der Waals surface area contributed by atoms with Gasteiger partial charge in [-0.15, -0.1) is 0 Å². The molecular formula is C52H37NO. The van der Waals surface area contributed by atoms with E-state index in [1.54, 1.807) is 0 Å². The van der Waals surface area contributed by atoms with E-state index in [2.05, 4.69) is 193 Å². The Morgan fingerprint density at radius 2 is 0.833 bits per heavy atom. The van der Waals surface area contributed by atoms with Gasteiger partial charge in [0.15, 0.2) is 0 Å². The average Bonchev–Trinajstić information content (AvgIpc) is 3.24. The molecule has 1 N–H and O–H groups in total. The lowest BCUT2D eigenvalue weighted by Crippen LogP contribution is -2.17. The summed E-state index contributed by atoms with van der Waals surface area (Å²) < 4.78 is 0. The molecule has 9 aromatic rings. The second-order valence-electron chi connectivity index (χ2n) is 14.1. The first-order valence-electron chi connectivity index (χ1n) is 18.7. The molecule has 0 amide bonds. The molecule has 2 heteroatoms. The van der Waals surface area contributed by atoms with Gasteiger partial charge < -0.3 is 10.0 Å². The number of aliphatic hydroxyl groups excluding tert-OH is 1. The van der Waals surface area contributed by atoms with Crippen molar-refractivity contribution in [2.45, 2.75) is 12.5 Å². The molecule has 54 heavy (non-hydrogen) atoms. The lowest BCUT2D eigenvalue weighted by molar-refractivity contribution is 0.177. The van der Waals surface area contributed by atoms with Crippen LogP contribution in [0.2, 0.25) is 0 Å². The predicted octanol–water partition coefficient (Wildman–Crippen LogP) is 13.7. The van der Waals surface area contributed by atoms with Crippen LogP contribution in [0.3, 0.4) is 0 Å². The molecule has 1 aliphatic carbocycles. The molecule has 0 fully saturated rings. The van der Waals surface area contributed by atoms with Crippen molar-refractivity contribution in [2.75, 3.05) is 4.90 Å². The Morgan fingerprint density at radius 1 is 0.370 bits per heavy atom. The van der Waals surface area contributed by atoms with Gasteiger partial charge in [-0.25, -0.2) is 0 Å². The van der Waals surface area contributed by atoms with Crippen LogP contribution in [-0.4, -0.2) is 5.11 Å². The van der Waals surface area contributed by atoms with Crippen molar-refractivity contribution in [3.05, 3.63) is 211 Å². The summed E-state index contributed by atoms with van der Waals surface area (Å²) >= 11 is 0. The third kappa shape index (κ3) is 5.47. The molecule has 1 aliphatic rings. The van der Waals surface area contributed by atoms with E-state index in [1.807, 2.05) is 12.1 Å². The van der Waals surface area contributed by atoms with Crippen LogP contribution in [0.1, 0.15) is 17.2 Å². The minimum absolute atomic E-state index is 0.547.